The molecular weight excluding hydrogens is 280 g/mol. The molecule has 0 amide bonds. The van der Waals surface area contributed by atoms with Gasteiger partial charge in [-0.2, -0.15) is 0 Å². The summed E-state index contributed by atoms with van der Waals surface area (Å²) in [6, 6.07) is 5.62. The van der Waals surface area contributed by atoms with E-state index in [1.54, 1.807) is 7.11 Å². The van der Waals surface area contributed by atoms with E-state index in [0.29, 0.717) is 36.9 Å². The second-order valence-corrected chi connectivity index (χ2v) is 6.57. The fourth-order valence-electron chi connectivity index (χ4n) is 3.36. The van der Waals surface area contributed by atoms with Crippen molar-refractivity contribution in [2.75, 3.05) is 13.7 Å². The summed E-state index contributed by atoms with van der Waals surface area (Å²) in [5, 5.41) is 9.82. The second-order valence-electron chi connectivity index (χ2n) is 6.57. The molecular formula is C18H24O4. The van der Waals surface area contributed by atoms with Gasteiger partial charge >= 0.3 is 5.97 Å². The Balaban J connectivity index is 1.90. The van der Waals surface area contributed by atoms with Crippen LogP contribution in [-0.4, -0.2) is 24.8 Å². The van der Waals surface area contributed by atoms with Crippen LogP contribution >= 0.6 is 0 Å². The van der Waals surface area contributed by atoms with Gasteiger partial charge in [-0.15, -0.1) is 0 Å². The smallest absolute Gasteiger partial charge is 0.314 e. The quantitative estimate of drug-likeness (QED) is 0.869. The maximum Gasteiger partial charge on any atom is 0.314 e. The highest BCUT2D eigenvalue weighted by molar-refractivity contribution is 5.82. The van der Waals surface area contributed by atoms with Gasteiger partial charge in [0.25, 0.3) is 0 Å². The molecule has 0 bridgehead atoms. The van der Waals surface area contributed by atoms with Crippen LogP contribution < -0.4 is 9.47 Å². The Morgan fingerprint density at radius 3 is 2.55 bits per heavy atom. The monoisotopic (exact) mass is 304 g/mol. The van der Waals surface area contributed by atoms with Gasteiger partial charge in [-0.3, -0.25) is 4.79 Å². The van der Waals surface area contributed by atoms with Crippen molar-refractivity contribution in [2.45, 2.75) is 50.4 Å². The van der Waals surface area contributed by atoms with Gasteiger partial charge in [0.2, 0.25) is 0 Å². The number of aliphatic carboxylic acids is 1. The molecule has 0 unspecified atom stereocenters. The van der Waals surface area contributed by atoms with Crippen molar-refractivity contribution in [1.82, 2.24) is 0 Å². The number of carboxylic acid groups (broad SMARTS) is 1. The fourth-order valence-corrected chi connectivity index (χ4v) is 3.36. The normalized spacial score (nSPS) is 20.4. The first-order valence-electron chi connectivity index (χ1n) is 8.20. The van der Waals surface area contributed by atoms with Gasteiger partial charge in [0.1, 0.15) is 0 Å². The van der Waals surface area contributed by atoms with Crippen molar-refractivity contribution in [3.63, 3.8) is 0 Å². The van der Waals surface area contributed by atoms with Crippen molar-refractivity contribution in [2.24, 2.45) is 5.92 Å². The molecule has 120 valence electrons. The molecule has 0 saturated heterocycles. The van der Waals surface area contributed by atoms with Gasteiger partial charge < -0.3 is 14.6 Å². The standard InChI is InChI=1S/C18H24O4/c1-21-15-8-7-14(11-16(15)22-12-13-5-6-13)18(17(19)20)9-3-2-4-10-18/h7-8,11,13H,2-6,9-10,12H2,1H3,(H,19,20). The molecule has 4 nitrogen and oxygen atoms in total. The van der Waals surface area contributed by atoms with E-state index in [1.807, 2.05) is 18.2 Å². The van der Waals surface area contributed by atoms with Crippen LogP contribution in [0.25, 0.3) is 0 Å². The van der Waals surface area contributed by atoms with Crippen LogP contribution in [0.2, 0.25) is 0 Å². The molecule has 2 aliphatic carbocycles. The van der Waals surface area contributed by atoms with Crippen LogP contribution in [0.1, 0.15) is 50.5 Å². The molecule has 2 aliphatic rings. The zero-order chi connectivity index (χ0) is 15.6. The van der Waals surface area contributed by atoms with Crippen LogP contribution in [-0.2, 0) is 10.2 Å². The molecule has 0 radical (unpaired) electrons. The van der Waals surface area contributed by atoms with E-state index in [4.69, 9.17) is 9.47 Å². The lowest BCUT2D eigenvalue weighted by molar-refractivity contribution is -0.145. The second kappa shape index (κ2) is 6.19. The summed E-state index contributed by atoms with van der Waals surface area (Å²) < 4.78 is 11.3. The molecule has 22 heavy (non-hydrogen) atoms. The first kappa shape index (κ1) is 15.2. The minimum absolute atomic E-state index is 0.650. The number of benzene rings is 1. The maximum absolute atomic E-state index is 11.9. The highest BCUT2D eigenvalue weighted by Gasteiger charge is 2.41. The van der Waals surface area contributed by atoms with Crippen LogP contribution in [0, 0.1) is 5.92 Å². The summed E-state index contributed by atoms with van der Waals surface area (Å²) in [4.78, 5) is 11.9. The lowest BCUT2D eigenvalue weighted by Crippen LogP contribution is -2.37. The Labute approximate surface area is 131 Å². The molecule has 0 aliphatic heterocycles. The van der Waals surface area contributed by atoms with Gasteiger partial charge in [0, 0.05) is 0 Å². The van der Waals surface area contributed by atoms with Crippen molar-refractivity contribution in [3.05, 3.63) is 23.8 Å². The molecule has 4 heteroatoms. The van der Waals surface area contributed by atoms with Gasteiger partial charge in [-0.05, 0) is 49.3 Å². The average Bonchev–Trinajstić information content (AvgIpc) is 3.37. The number of rotatable bonds is 6. The maximum atomic E-state index is 11.9. The molecule has 2 saturated carbocycles. The molecule has 0 atom stereocenters. The molecule has 2 fully saturated rings. The third-order valence-electron chi connectivity index (χ3n) is 5.00. The lowest BCUT2D eigenvalue weighted by Gasteiger charge is -2.34. The van der Waals surface area contributed by atoms with E-state index >= 15 is 0 Å². The minimum atomic E-state index is -0.762. The van der Waals surface area contributed by atoms with E-state index in [9.17, 15) is 9.90 Å². The number of carboxylic acids is 1. The van der Waals surface area contributed by atoms with E-state index in [0.717, 1.165) is 24.8 Å². The van der Waals surface area contributed by atoms with Crippen molar-refractivity contribution in [3.8, 4) is 11.5 Å². The Hall–Kier alpha value is -1.71. The zero-order valence-corrected chi connectivity index (χ0v) is 13.1. The third-order valence-corrected chi connectivity index (χ3v) is 5.00. The Kier molecular flexibility index (Phi) is 4.27. The number of ether oxygens (including phenoxy) is 2. The summed E-state index contributed by atoms with van der Waals surface area (Å²) in [6.07, 6.45) is 6.92. The largest absolute Gasteiger partial charge is 0.493 e. The Morgan fingerprint density at radius 2 is 1.95 bits per heavy atom. The summed E-state index contributed by atoms with van der Waals surface area (Å²) in [5.41, 5.74) is 0.0914. The van der Waals surface area contributed by atoms with Crippen LogP contribution in [0.4, 0.5) is 0 Å². The summed E-state index contributed by atoms with van der Waals surface area (Å²) in [5.74, 6) is 1.29. The summed E-state index contributed by atoms with van der Waals surface area (Å²) in [6.45, 7) is 0.694. The van der Waals surface area contributed by atoms with Crippen LogP contribution in [0.15, 0.2) is 18.2 Å². The SMILES string of the molecule is COc1ccc(C2(C(=O)O)CCCCC2)cc1OCC1CC1. The minimum Gasteiger partial charge on any atom is -0.493 e. The molecule has 1 aromatic rings. The first-order chi connectivity index (χ1) is 10.7. The molecule has 1 aromatic carbocycles. The highest BCUT2D eigenvalue weighted by Crippen LogP contribution is 2.43. The number of hydrogen-bond acceptors (Lipinski definition) is 3. The number of carbonyl (C=O) groups is 1. The third kappa shape index (κ3) is 2.92. The summed E-state index contributed by atoms with van der Waals surface area (Å²) in [7, 11) is 1.62. The highest BCUT2D eigenvalue weighted by atomic mass is 16.5. The first-order valence-corrected chi connectivity index (χ1v) is 8.20. The molecule has 0 aromatic heterocycles. The summed E-state index contributed by atoms with van der Waals surface area (Å²) >= 11 is 0. The van der Waals surface area contributed by atoms with Crippen LogP contribution in [0.5, 0.6) is 11.5 Å². The van der Waals surface area contributed by atoms with Gasteiger partial charge in [-0.25, -0.2) is 0 Å². The Morgan fingerprint density at radius 1 is 1.23 bits per heavy atom. The zero-order valence-electron chi connectivity index (χ0n) is 13.1. The predicted octanol–water partition coefficient (Wildman–Crippen LogP) is 3.77. The van der Waals surface area contributed by atoms with Crippen LogP contribution in [0.3, 0.4) is 0 Å². The van der Waals surface area contributed by atoms with E-state index in [-0.39, 0.29) is 0 Å². The van der Waals surface area contributed by atoms with Crippen molar-refractivity contribution >= 4 is 5.97 Å². The Bertz CT molecular complexity index is 542. The molecule has 1 N–H and O–H groups in total. The van der Waals surface area contributed by atoms with Gasteiger partial charge in [-0.1, -0.05) is 25.3 Å². The fraction of sp³-hybridized carbons (Fsp3) is 0.611. The molecule has 0 spiro atoms. The molecule has 0 heterocycles. The lowest BCUT2D eigenvalue weighted by atomic mass is 9.69. The van der Waals surface area contributed by atoms with E-state index < -0.39 is 11.4 Å². The van der Waals surface area contributed by atoms with Crippen molar-refractivity contribution < 1.29 is 19.4 Å². The van der Waals surface area contributed by atoms with E-state index in [1.165, 1.54) is 12.8 Å². The van der Waals surface area contributed by atoms with Gasteiger partial charge in [0.15, 0.2) is 11.5 Å². The topological polar surface area (TPSA) is 55.8 Å². The van der Waals surface area contributed by atoms with E-state index in [2.05, 4.69) is 0 Å². The van der Waals surface area contributed by atoms with Crippen molar-refractivity contribution in [1.29, 1.82) is 0 Å². The van der Waals surface area contributed by atoms with Gasteiger partial charge in [0.05, 0.1) is 19.1 Å². The number of methoxy groups -OCH3 is 1. The average molecular weight is 304 g/mol. The molecule has 3 rings (SSSR count). The predicted molar refractivity (Wildman–Crippen MR) is 83.6 cm³/mol. The number of hydrogen-bond donors (Lipinski definition) is 1.